The summed E-state index contributed by atoms with van der Waals surface area (Å²) in [7, 11) is 0. The van der Waals surface area contributed by atoms with Gasteiger partial charge in [0, 0.05) is 19.1 Å². The van der Waals surface area contributed by atoms with E-state index in [1.165, 1.54) is 0 Å². The van der Waals surface area contributed by atoms with Gasteiger partial charge in [-0.2, -0.15) is 0 Å². The number of rotatable bonds is 4. The Labute approximate surface area is 116 Å². The molecule has 3 atom stereocenters. The predicted molar refractivity (Wildman–Crippen MR) is 74.0 cm³/mol. The zero-order valence-electron chi connectivity index (χ0n) is 11.1. The molecule has 0 spiro atoms. The summed E-state index contributed by atoms with van der Waals surface area (Å²) in [6.07, 6.45) is 5.14. The summed E-state index contributed by atoms with van der Waals surface area (Å²) in [4.78, 5) is 11.8. The van der Waals surface area contributed by atoms with E-state index in [1.807, 2.05) is 0 Å². The largest absolute Gasteiger partial charge is 0.378 e. The van der Waals surface area contributed by atoms with Crippen LogP contribution in [0.2, 0.25) is 0 Å². The van der Waals surface area contributed by atoms with Crippen molar-refractivity contribution in [3.63, 3.8) is 0 Å². The summed E-state index contributed by atoms with van der Waals surface area (Å²) in [5.41, 5.74) is 0. The quantitative estimate of drug-likeness (QED) is 0.818. The van der Waals surface area contributed by atoms with Gasteiger partial charge in [0.15, 0.2) is 0 Å². The first-order valence-electron chi connectivity index (χ1n) is 6.87. The monoisotopic (exact) mass is 276 g/mol. The number of ether oxygens (including phenoxy) is 1. The van der Waals surface area contributed by atoms with Crippen molar-refractivity contribution in [2.75, 3.05) is 19.7 Å². The molecule has 0 saturated carbocycles. The highest BCUT2D eigenvalue weighted by atomic mass is 35.5. The zero-order chi connectivity index (χ0) is 12.1. The van der Waals surface area contributed by atoms with Crippen LogP contribution in [0.1, 0.15) is 39.0 Å². The average molecular weight is 277 g/mol. The summed E-state index contributed by atoms with van der Waals surface area (Å²) in [6.45, 7) is 5.09. The van der Waals surface area contributed by atoms with Gasteiger partial charge in [-0.05, 0) is 44.7 Å². The predicted octanol–water partition coefficient (Wildman–Crippen LogP) is 1.48. The van der Waals surface area contributed by atoms with Gasteiger partial charge in [-0.15, -0.1) is 12.4 Å². The lowest BCUT2D eigenvalue weighted by Crippen LogP contribution is -2.48. The number of carbonyl (C=O) groups is 1. The molecule has 2 saturated heterocycles. The summed E-state index contributed by atoms with van der Waals surface area (Å²) < 4.78 is 5.52. The maximum Gasteiger partial charge on any atom is 0.220 e. The first kappa shape index (κ1) is 15.7. The van der Waals surface area contributed by atoms with Crippen LogP contribution in [0.25, 0.3) is 0 Å². The fourth-order valence-electron chi connectivity index (χ4n) is 2.67. The van der Waals surface area contributed by atoms with Crippen molar-refractivity contribution in [3.8, 4) is 0 Å². The Morgan fingerprint density at radius 1 is 1.44 bits per heavy atom. The normalized spacial score (nSPS) is 31.7. The van der Waals surface area contributed by atoms with Gasteiger partial charge < -0.3 is 15.4 Å². The third-order valence-corrected chi connectivity index (χ3v) is 3.85. The Bertz CT molecular complexity index is 257. The third-order valence-electron chi connectivity index (χ3n) is 3.85. The van der Waals surface area contributed by atoms with E-state index in [0.29, 0.717) is 24.5 Å². The summed E-state index contributed by atoms with van der Waals surface area (Å²) in [6, 6.07) is 0.355. The van der Waals surface area contributed by atoms with Crippen LogP contribution in [0, 0.1) is 5.92 Å². The molecule has 0 aliphatic carbocycles. The van der Waals surface area contributed by atoms with E-state index in [-0.39, 0.29) is 18.3 Å². The number of amides is 1. The fraction of sp³-hybridized carbons (Fsp3) is 0.923. The van der Waals surface area contributed by atoms with Crippen molar-refractivity contribution >= 4 is 18.3 Å². The van der Waals surface area contributed by atoms with E-state index >= 15 is 0 Å². The number of carbonyl (C=O) groups excluding carboxylic acids is 1. The van der Waals surface area contributed by atoms with Crippen molar-refractivity contribution in [2.45, 2.75) is 51.2 Å². The van der Waals surface area contributed by atoms with Gasteiger partial charge in [-0.3, -0.25) is 4.79 Å². The average Bonchev–Trinajstić information content (AvgIpc) is 2.82. The molecule has 1 amide bonds. The number of halogens is 1. The summed E-state index contributed by atoms with van der Waals surface area (Å²) in [5.74, 6) is 0.731. The lowest BCUT2D eigenvalue weighted by atomic mass is 9.95. The molecule has 2 fully saturated rings. The van der Waals surface area contributed by atoms with E-state index < -0.39 is 0 Å². The summed E-state index contributed by atoms with van der Waals surface area (Å²) >= 11 is 0. The van der Waals surface area contributed by atoms with Crippen LogP contribution in [-0.4, -0.2) is 37.7 Å². The van der Waals surface area contributed by atoms with Crippen LogP contribution in [0.4, 0.5) is 0 Å². The fourth-order valence-corrected chi connectivity index (χ4v) is 2.67. The topological polar surface area (TPSA) is 50.4 Å². The van der Waals surface area contributed by atoms with Gasteiger partial charge in [0.1, 0.15) is 0 Å². The van der Waals surface area contributed by atoms with Gasteiger partial charge in [0.05, 0.1) is 6.10 Å². The third kappa shape index (κ3) is 4.75. The minimum Gasteiger partial charge on any atom is -0.378 e. The highest BCUT2D eigenvalue weighted by Gasteiger charge is 2.23. The molecule has 2 heterocycles. The first-order valence-corrected chi connectivity index (χ1v) is 6.87. The van der Waals surface area contributed by atoms with E-state index in [2.05, 4.69) is 17.6 Å². The lowest BCUT2D eigenvalue weighted by molar-refractivity contribution is -0.122. The Hall–Kier alpha value is -0.320. The van der Waals surface area contributed by atoms with Gasteiger partial charge in [0.25, 0.3) is 0 Å². The highest BCUT2D eigenvalue weighted by Crippen LogP contribution is 2.17. The Kier molecular flexibility index (Phi) is 6.97. The van der Waals surface area contributed by atoms with Crippen LogP contribution in [0.5, 0.6) is 0 Å². The van der Waals surface area contributed by atoms with Gasteiger partial charge in [-0.25, -0.2) is 0 Å². The van der Waals surface area contributed by atoms with Crippen LogP contribution in [0.3, 0.4) is 0 Å². The standard InChI is InChI=1S/C13H24N2O2.ClH/c1-10-9-14-7-6-12(10)15-13(16)5-4-11-3-2-8-17-11;/h10-12,14H,2-9H2,1H3,(H,15,16);1H. The van der Waals surface area contributed by atoms with Crippen molar-refractivity contribution in [3.05, 3.63) is 0 Å². The van der Waals surface area contributed by atoms with Gasteiger partial charge >= 0.3 is 0 Å². The molecule has 2 aliphatic rings. The van der Waals surface area contributed by atoms with Crippen molar-refractivity contribution < 1.29 is 9.53 Å². The number of hydrogen-bond acceptors (Lipinski definition) is 3. The molecule has 18 heavy (non-hydrogen) atoms. The van der Waals surface area contributed by atoms with Crippen molar-refractivity contribution in [2.24, 2.45) is 5.92 Å². The van der Waals surface area contributed by atoms with E-state index in [1.54, 1.807) is 0 Å². The maximum absolute atomic E-state index is 11.8. The molecule has 0 aromatic heterocycles. The lowest BCUT2D eigenvalue weighted by Gasteiger charge is -2.30. The second-order valence-corrected chi connectivity index (χ2v) is 5.32. The molecule has 2 aliphatic heterocycles. The smallest absolute Gasteiger partial charge is 0.220 e. The minimum atomic E-state index is 0. The number of nitrogens with one attached hydrogen (secondary N) is 2. The number of piperidine rings is 1. The molecular weight excluding hydrogens is 252 g/mol. The first-order chi connectivity index (χ1) is 8.25. The second-order valence-electron chi connectivity index (χ2n) is 5.32. The SMILES string of the molecule is CC1CNCCC1NC(=O)CCC1CCCO1.Cl. The van der Waals surface area contributed by atoms with Crippen molar-refractivity contribution in [1.29, 1.82) is 0 Å². The molecule has 0 aromatic carbocycles. The Balaban J connectivity index is 0.00000162. The van der Waals surface area contributed by atoms with Gasteiger partial charge in [-0.1, -0.05) is 6.92 Å². The van der Waals surface area contributed by atoms with E-state index in [4.69, 9.17) is 4.74 Å². The molecule has 5 heteroatoms. The molecule has 2 N–H and O–H groups in total. The molecule has 0 radical (unpaired) electrons. The van der Waals surface area contributed by atoms with Gasteiger partial charge in [0.2, 0.25) is 5.91 Å². The van der Waals surface area contributed by atoms with E-state index in [0.717, 1.165) is 45.4 Å². The van der Waals surface area contributed by atoms with Crippen LogP contribution < -0.4 is 10.6 Å². The molecule has 106 valence electrons. The molecular formula is C13H25ClN2O2. The molecule has 2 rings (SSSR count). The minimum absolute atomic E-state index is 0. The molecule has 3 unspecified atom stereocenters. The highest BCUT2D eigenvalue weighted by molar-refractivity contribution is 5.85. The molecule has 4 nitrogen and oxygen atoms in total. The van der Waals surface area contributed by atoms with Crippen molar-refractivity contribution in [1.82, 2.24) is 10.6 Å². The zero-order valence-corrected chi connectivity index (χ0v) is 11.9. The Morgan fingerprint density at radius 2 is 2.28 bits per heavy atom. The summed E-state index contributed by atoms with van der Waals surface area (Å²) in [5, 5.41) is 6.50. The van der Waals surface area contributed by atoms with E-state index in [9.17, 15) is 4.79 Å². The molecule has 0 bridgehead atoms. The second kappa shape index (κ2) is 7.97. The van der Waals surface area contributed by atoms with Crippen LogP contribution >= 0.6 is 12.4 Å². The van der Waals surface area contributed by atoms with Crippen LogP contribution in [-0.2, 0) is 9.53 Å². The molecule has 0 aromatic rings. The van der Waals surface area contributed by atoms with Crippen LogP contribution in [0.15, 0.2) is 0 Å². The maximum atomic E-state index is 11.8. The Morgan fingerprint density at radius 3 is 2.94 bits per heavy atom. The number of hydrogen-bond donors (Lipinski definition) is 2.